The van der Waals surface area contributed by atoms with Gasteiger partial charge >= 0.3 is 0 Å². The van der Waals surface area contributed by atoms with Crippen LogP contribution in [-0.2, 0) is 0 Å². The molecule has 0 heterocycles. The monoisotopic (exact) mass is 286 g/mol. The Morgan fingerprint density at radius 2 is 1.00 bits per heavy atom. The number of rotatable bonds is 3. The zero-order chi connectivity index (χ0) is 15.5. The molecule has 3 rings (SSSR count). The van der Waals surface area contributed by atoms with Gasteiger partial charge in [0.2, 0.25) is 0 Å². The minimum atomic E-state index is 1.11. The Hall–Kier alpha value is -2.60. The molecule has 0 fully saturated rings. The van der Waals surface area contributed by atoms with Crippen LogP contribution in [0.25, 0.3) is 17.2 Å². The molecule has 0 radical (unpaired) electrons. The normalized spacial score (nSPS) is 10.0. The summed E-state index contributed by atoms with van der Waals surface area (Å²) in [5.74, 6) is 0. The fourth-order valence-corrected chi connectivity index (χ4v) is 2.08. The second kappa shape index (κ2) is 9.36. The molecule has 0 saturated heterocycles. The molecule has 22 heavy (non-hydrogen) atoms. The predicted octanol–water partition coefficient (Wildman–Crippen LogP) is 6.46. The second-order valence-corrected chi connectivity index (χ2v) is 4.95. The van der Waals surface area contributed by atoms with E-state index >= 15 is 0 Å². The molecule has 0 nitrogen and oxygen atoms in total. The minimum absolute atomic E-state index is 1.11. The molecule has 0 atom stereocenters. The second-order valence-electron chi connectivity index (χ2n) is 4.95. The summed E-state index contributed by atoms with van der Waals surface area (Å²) in [7, 11) is 0. The molecule has 0 N–H and O–H groups in total. The Morgan fingerprint density at radius 1 is 0.591 bits per heavy atom. The summed E-state index contributed by atoms with van der Waals surface area (Å²) < 4.78 is 0. The van der Waals surface area contributed by atoms with Crippen molar-refractivity contribution in [1.82, 2.24) is 0 Å². The van der Waals surface area contributed by atoms with E-state index in [1.165, 1.54) is 16.7 Å². The molecule has 0 aliphatic rings. The minimum Gasteiger partial charge on any atom is -0.0842 e. The average molecular weight is 286 g/mol. The quantitative estimate of drug-likeness (QED) is 0.518. The third kappa shape index (κ3) is 5.41. The summed E-state index contributed by atoms with van der Waals surface area (Å²) in [5, 5.41) is 0. The van der Waals surface area contributed by atoms with E-state index in [1.807, 2.05) is 18.2 Å². The molecule has 0 saturated carbocycles. The first-order chi connectivity index (χ1) is 10.9. The van der Waals surface area contributed by atoms with E-state index in [9.17, 15) is 0 Å². The Labute approximate surface area is 133 Å². The summed E-state index contributed by atoms with van der Waals surface area (Å²) in [6.07, 6.45) is 5.41. The first-order valence-corrected chi connectivity index (χ1v) is 7.72. The van der Waals surface area contributed by atoms with Crippen LogP contribution in [0.3, 0.4) is 0 Å². The predicted molar refractivity (Wildman–Crippen MR) is 97.6 cm³/mol. The van der Waals surface area contributed by atoms with E-state index in [0.29, 0.717) is 0 Å². The van der Waals surface area contributed by atoms with Gasteiger partial charge in [-0.2, -0.15) is 0 Å². The highest BCUT2D eigenvalue weighted by molar-refractivity contribution is 5.62. The molecule has 3 aromatic carbocycles. The van der Waals surface area contributed by atoms with Gasteiger partial charge in [-0.05, 0) is 23.1 Å². The lowest BCUT2D eigenvalue weighted by Crippen LogP contribution is -1.73. The van der Waals surface area contributed by atoms with Crippen molar-refractivity contribution in [3.63, 3.8) is 0 Å². The molecule has 0 spiro atoms. The van der Waals surface area contributed by atoms with Crippen LogP contribution >= 0.6 is 0 Å². The largest absolute Gasteiger partial charge is 0.0842 e. The first kappa shape index (κ1) is 15.8. The van der Waals surface area contributed by atoms with Crippen LogP contribution in [0.4, 0.5) is 0 Å². The van der Waals surface area contributed by atoms with Crippen LogP contribution in [-0.4, -0.2) is 0 Å². The van der Waals surface area contributed by atoms with Gasteiger partial charge in [-0.25, -0.2) is 0 Å². The highest BCUT2D eigenvalue weighted by Gasteiger charge is 1.91. The first-order valence-electron chi connectivity index (χ1n) is 7.72. The molecule has 0 amide bonds. The van der Waals surface area contributed by atoms with Crippen LogP contribution in [0, 0.1) is 0 Å². The maximum Gasteiger partial charge on any atom is -0.0184 e. The molecular formula is C22H22. The van der Waals surface area contributed by atoms with E-state index < -0.39 is 0 Å². The third-order valence-corrected chi connectivity index (χ3v) is 3.23. The van der Waals surface area contributed by atoms with Crippen molar-refractivity contribution in [3.05, 3.63) is 103 Å². The van der Waals surface area contributed by atoms with Gasteiger partial charge in [0.1, 0.15) is 0 Å². The van der Waals surface area contributed by atoms with E-state index in [4.69, 9.17) is 0 Å². The lowest BCUT2D eigenvalue weighted by molar-refractivity contribution is 1.23. The highest BCUT2D eigenvalue weighted by atomic mass is 14.0. The smallest absolute Gasteiger partial charge is 0.0184 e. The third-order valence-electron chi connectivity index (χ3n) is 3.23. The topological polar surface area (TPSA) is 0 Å². The summed E-state index contributed by atoms with van der Waals surface area (Å²) in [6.45, 7) is 2.14. The van der Waals surface area contributed by atoms with Gasteiger partial charge in [0.25, 0.3) is 0 Å². The Morgan fingerprint density at radius 3 is 1.41 bits per heavy atom. The lowest BCUT2D eigenvalue weighted by Gasteiger charge is -1.98. The molecule has 0 bridgehead atoms. The van der Waals surface area contributed by atoms with Gasteiger partial charge in [-0.1, -0.05) is 110 Å². The molecule has 0 aromatic heterocycles. The van der Waals surface area contributed by atoms with Gasteiger partial charge in [0, 0.05) is 0 Å². The molecule has 3 aromatic rings. The average Bonchev–Trinajstić information content (AvgIpc) is 2.63. The standard InChI is InChI=1S/C12H10.C10H12/c1-3-7-11(8-4-1)12-9-5-2-6-10-12;1-2-3-7-10-8-5-4-6-9-10/h1-10H;3-9H,2H2,1H3. The van der Waals surface area contributed by atoms with E-state index in [2.05, 4.69) is 91.9 Å². The summed E-state index contributed by atoms with van der Waals surface area (Å²) in [6, 6.07) is 31.1. The van der Waals surface area contributed by atoms with Gasteiger partial charge < -0.3 is 0 Å². The molecule has 110 valence electrons. The number of allylic oxidation sites excluding steroid dienone is 1. The van der Waals surface area contributed by atoms with Gasteiger partial charge in [0.05, 0.1) is 0 Å². The molecule has 0 heteroatoms. The van der Waals surface area contributed by atoms with Crippen LogP contribution in [0.1, 0.15) is 18.9 Å². The number of hydrogen-bond acceptors (Lipinski definition) is 0. The maximum atomic E-state index is 2.16. The van der Waals surface area contributed by atoms with Gasteiger partial charge in [0.15, 0.2) is 0 Å². The van der Waals surface area contributed by atoms with Crippen molar-refractivity contribution in [3.8, 4) is 11.1 Å². The van der Waals surface area contributed by atoms with Crippen molar-refractivity contribution in [2.24, 2.45) is 0 Å². The summed E-state index contributed by atoms with van der Waals surface area (Å²) >= 11 is 0. The van der Waals surface area contributed by atoms with Crippen LogP contribution in [0.2, 0.25) is 0 Å². The van der Waals surface area contributed by atoms with Crippen LogP contribution in [0.15, 0.2) is 97.1 Å². The van der Waals surface area contributed by atoms with Crippen LogP contribution < -0.4 is 0 Å². The van der Waals surface area contributed by atoms with E-state index in [1.54, 1.807) is 0 Å². The van der Waals surface area contributed by atoms with Crippen molar-refractivity contribution in [1.29, 1.82) is 0 Å². The molecule has 0 aliphatic carbocycles. The summed E-state index contributed by atoms with van der Waals surface area (Å²) in [5.41, 5.74) is 3.83. The molecular weight excluding hydrogens is 264 g/mol. The van der Waals surface area contributed by atoms with E-state index in [0.717, 1.165) is 6.42 Å². The fraction of sp³-hybridized carbons (Fsp3) is 0.0909. The summed E-state index contributed by atoms with van der Waals surface area (Å²) in [4.78, 5) is 0. The van der Waals surface area contributed by atoms with Crippen molar-refractivity contribution < 1.29 is 0 Å². The van der Waals surface area contributed by atoms with E-state index in [-0.39, 0.29) is 0 Å². The number of benzene rings is 3. The Bertz CT molecular complexity index is 615. The van der Waals surface area contributed by atoms with Gasteiger partial charge in [-0.3, -0.25) is 0 Å². The van der Waals surface area contributed by atoms with Crippen LogP contribution in [0.5, 0.6) is 0 Å². The zero-order valence-corrected chi connectivity index (χ0v) is 13.0. The van der Waals surface area contributed by atoms with Crippen molar-refractivity contribution >= 4 is 6.08 Å². The molecule has 0 aliphatic heterocycles. The zero-order valence-electron chi connectivity index (χ0n) is 13.0. The van der Waals surface area contributed by atoms with Gasteiger partial charge in [-0.15, -0.1) is 0 Å². The van der Waals surface area contributed by atoms with Crippen molar-refractivity contribution in [2.45, 2.75) is 13.3 Å². The highest BCUT2D eigenvalue weighted by Crippen LogP contribution is 2.17. The number of hydrogen-bond donors (Lipinski definition) is 0. The maximum absolute atomic E-state index is 2.16. The van der Waals surface area contributed by atoms with Crippen molar-refractivity contribution in [2.75, 3.05) is 0 Å². The SMILES string of the molecule is CCC=Cc1ccccc1.c1ccc(-c2ccccc2)cc1. The molecule has 0 unspecified atom stereocenters. The Balaban J connectivity index is 0.000000164. The lowest BCUT2D eigenvalue weighted by atomic mass is 10.1. The fourth-order valence-electron chi connectivity index (χ4n) is 2.08. The Kier molecular flexibility index (Phi) is 6.71.